The van der Waals surface area contributed by atoms with Gasteiger partial charge in [-0.3, -0.25) is 0 Å². The van der Waals surface area contributed by atoms with E-state index in [2.05, 4.69) is 9.94 Å². The molecule has 15 heavy (non-hydrogen) atoms. The minimum absolute atomic E-state index is 0.268. The number of rotatable bonds is 2. The molecule has 0 saturated carbocycles. The lowest BCUT2D eigenvalue weighted by atomic mass is 10.3. The highest BCUT2D eigenvalue weighted by molar-refractivity contribution is 5.42. The van der Waals surface area contributed by atoms with Crippen LogP contribution in [0.3, 0.4) is 0 Å². The molecule has 0 aliphatic rings. The van der Waals surface area contributed by atoms with Crippen molar-refractivity contribution >= 4 is 5.82 Å². The van der Waals surface area contributed by atoms with E-state index in [-0.39, 0.29) is 6.54 Å². The fraction of sp³-hybridized carbons (Fsp3) is 0.0909. The van der Waals surface area contributed by atoms with Crippen LogP contribution >= 0.6 is 0 Å². The van der Waals surface area contributed by atoms with Gasteiger partial charge < -0.3 is 10.6 Å². The molecule has 0 fully saturated rings. The zero-order chi connectivity index (χ0) is 10.7. The minimum atomic E-state index is 0.268. The Morgan fingerprint density at radius 2 is 2.07 bits per heavy atom. The van der Waals surface area contributed by atoms with Gasteiger partial charge in [-0.15, -0.1) is 0 Å². The first-order chi connectivity index (χ1) is 7.31. The molecular weight excluding hydrogens is 188 g/mol. The molecule has 2 N–H and O–H groups in total. The molecule has 0 aliphatic heterocycles. The number of benzene rings is 1. The van der Waals surface area contributed by atoms with Crippen LogP contribution in [-0.4, -0.2) is 9.78 Å². The SMILES string of the molecule is [C-]#[N+]Cc1cc(N)n(-c2ccccc2)n1. The summed E-state index contributed by atoms with van der Waals surface area (Å²) in [6.45, 7) is 7.03. The molecule has 0 amide bonds. The summed E-state index contributed by atoms with van der Waals surface area (Å²) in [5, 5.41) is 4.25. The molecule has 74 valence electrons. The Balaban J connectivity index is 2.42. The second-order valence-corrected chi connectivity index (χ2v) is 3.12. The molecule has 0 spiro atoms. The van der Waals surface area contributed by atoms with Gasteiger partial charge in [0.2, 0.25) is 0 Å². The number of hydrogen-bond acceptors (Lipinski definition) is 2. The van der Waals surface area contributed by atoms with Crippen LogP contribution in [0.1, 0.15) is 5.69 Å². The van der Waals surface area contributed by atoms with Crippen molar-refractivity contribution in [1.82, 2.24) is 9.78 Å². The van der Waals surface area contributed by atoms with E-state index in [9.17, 15) is 0 Å². The highest BCUT2D eigenvalue weighted by Crippen LogP contribution is 2.14. The van der Waals surface area contributed by atoms with Gasteiger partial charge >= 0.3 is 0 Å². The summed E-state index contributed by atoms with van der Waals surface area (Å²) in [5.74, 6) is 0.555. The first-order valence-corrected chi connectivity index (χ1v) is 4.54. The predicted octanol–water partition coefficient (Wildman–Crippen LogP) is 1.87. The van der Waals surface area contributed by atoms with Crippen LogP contribution in [0.4, 0.5) is 5.82 Å². The molecular formula is C11H10N4. The van der Waals surface area contributed by atoms with Crippen LogP contribution in [-0.2, 0) is 6.54 Å². The van der Waals surface area contributed by atoms with Gasteiger partial charge in [0.25, 0.3) is 6.54 Å². The Hall–Kier alpha value is -2.28. The first-order valence-electron chi connectivity index (χ1n) is 4.54. The van der Waals surface area contributed by atoms with Crippen molar-refractivity contribution in [3.8, 4) is 5.69 Å². The normalized spacial score (nSPS) is 9.80. The molecule has 1 heterocycles. The second-order valence-electron chi connectivity index (χ2n) is 3.12. The number of anilines is 1. The third-order valence-electron chi connectivity index (χ3n) is 2.03. The molecule has 0 saturated heterocycles. The lowest BCUT2D eigenvalue weighted by Crippen LogP contribution is -2.01. The number of nitrogens with two attached hydrogens (primary N) is 1. The fourth-order valence-corrected chi connectivity index (χ4v) is 1.38. The van der Waals surface area contributed by atoms with Gasteiger partial charge in [-0.25, -0.2) is 11.3 Å². The molecule has 0 radical (unpaired) electrons. The first kappa shape index (κ1) is 9.28. The van der Waals surface area contributed by atoms with Gasteiger partial charge in [0.05, 0.1) is 5.69 Å². The van der Waals surface area contributed by atoms with E-state index in [1.165, 1.54) is 0 Å². The quantitative estimate of drug-likeness (QED) is 0.749. The van der Waals surface area contributed by atoms with E-state index in [0.29, 0.717) is 11.5 Å². The third-order valence-corrected chi connectivity index (χ3v) is 2.03. The summed E-state index contributed by atoms with van der Waals surface area (Å²) in [5.41, 5.74) is 7.41. The van der Waals surface area contributed by atoms with Crippen molar-refractivity contribution in [2.45, 2.75) is 6.54 Å². The van der Waals surface area contributed by atoms with Crippen molar-refractivity contribution in [3.63, 3.8) is 0 Å². The highest BCUT2D eigenvalue weighted by Gasteiger charge is 2.07. The van der Waals surface area contributed by atoms with Crippen molar-refractivity contribution in [2.75, 3.05) is 5.73 Å². The van der Waals surface area contributed by atoms with Gasteiger partial charge in [0, 0.05) is 6.07 Å². The topological polar surface area (TPSA) is 48.2 Å². The number of para-hydroxylation sites is 1. The largest absolute Gasteiger partial charge is 0.384 e. The van der Waals surface area contributed by atoms with Crippen LogP contribution in [0.2, 0.25) is 0 Å². The van der Waals surface area contributed by atoms with E-state index >= 15 is 0 Å². The highest BCUT2D eigenvalue weighted by atomic mass is 15.3. The Morgan fingerprint density at radius 1 is 1.33 bits per heavy atom. The maximum absolute atomic E-state index is 6.76. The number of nitrogens with zero attached hydrogens (tertiary/aromatic N) is 3. The molecule has 2 aromatic rings. The van der Waals surface area contributed by atoms with E-state index in [1.54, 1.807) is 10.7 Å². The van der Waals surface area contributed by atoms with E-state index < -0.39 is 0 Å². The maximum Gasteiger partial charge on any atom is 0.258 e. The molecule has 2 rings (SSSR count). The Morgan fingerprint density at radius 3 is 2.73 bits per heavy atom. The Kier molecular flexibility index (Phi) is 2.38. The molecule has 1 aromatic carbocycles. The molecule has 1 aromatic heterocycles. The van der Waals surface area contributed by atoms with Crippen LogP contribution in [0.25, 0.3) is 10.5 Å². The van der Waals surface area contributed by atoms with Crippen molar-refractivity contribution < 1.29 is 0 Å². The zero-order valence-electron chi connectivity index (χ0n) is 8.09. The molecule has 0 bridgehead atoms. The summed E-state index contributed by atoms with van der Waals surface area (Å²) in [6.07, 6.45) is 0. The molecule has 4 nitrogen and oxygen atoms in total. The van der Waals surface area contributed by atoms with Crippen LogP contribution in [0.15, 0.2) is 36.4 Å². The number of aromatic nitrogens is 2. The smallest absolute Gasteiger partial charge is 0.258 e. The van der Waals surface area contributed by atoms with Gasteiger partial charge in [0.15, 0.2) is 0 Å². The number of hydrogen-bond donors (Lipinski definition) is 1. The summed E-state index contributed by atoms with van der Waals surface area (Å²) >= 11 is 0. The van der Waals surface area contributed by atoms with E-state index in [0.717, 1.165) is 5.69 Å². The standard InChI is InChI=1S/C11H10N4/c1-13-8-9-7-11(12)15(14-9)10-5-3-2-4-6-10/h2-7H,8,12H2. The molecule has 0 unspecified atom stereocenters. The monoisotopic (exact) mass is 198 g/mol. The van der Waals surface area contributed by atoms with Crippen LogP contribution in [0.5, 0.6) is 0 Å². The Labute approximate surface area is 87.8 Å². The van der Waals surface area contributed by atoms with Crippen molar-refractivity contribution in [3.05, 3.63) is 53.5 Å². The summed E-state index contributed by atoms with van der Waals surface area (Å²) in [4.78, 5) is 3.27. The average Bonchev–Trinajstić information content (AvgIpc) is 2.61. The predicted molar refractivity (Wildman–Crippen MR) is 58.3 cm³/mol. The van der Waals surface area contributed by atoms with Gasteiger partial charge in [-0.2, -0.15) is 5.10 Å². The second kappa shape index (κ2) is 3.84. The third kappa shape index (κ3) is 1.81. The number of nitrogen functional groups attached to an aromatic ring is 1. The van der Waals surface area contributed by atoms with Crippen LogP contribution < -0.4 is 5.73 Å². The van der Waals surface area contributed by atoms with Gasteiger partial charge in [0.1, 0.15) is 11.5 Å². The molecule has 0 aliphatic carbocycles. The summed E-state index contributed by atoms with van der Waals surface area (Å²) in [6, 6.07) is 11.3. The van der Waals surface area contributed by atoms with Crippen LogP contribution in [0, 0.1) is 6.57 Å². The lowest BCUT2D eigenvalue weighted by molar-refractivity contribution is 0.860. The zero-order valence-corrected chi connectivity index (χ0v) is 8.09. The summed E-state index contributed by atoms with van der Waals surface area (Å²) in [7, 11) is 0. The fourth-order valence-electron chi connectivity index (χ4n) is 1.38. The van der Waals surface area contributed by atoms with E-state index in [4.69, 9.17) is 12.3 Å². The average molecular weight is 198 g/mol. The van der Waals surface area contributed by atoms with Crippen molar-refractivity contribution in [2.24, 2.45) is 0 Å². The minimum Gasteiger partial charge on any atom is -0.384 e. The molecule has 0 atom stereocenters. The lowest BCUT2D eigenvalue weighted by Gasteiger charge is -2.01. The Bertz CT molecular complexity index is 493. The molecule has 4 heteroatoms. The van der Waals surface area contributed by atoms with Crippen molar-refractivity contribution in [1.29, 1.82) is 0 Å². The maximum atomic E-state index is 6.76. The van der Waals surface area contributed by atoms with E-state index in [1.807, 2.05) is 30.3 Å². The van der Waals surface area contributed by atoms with Gasteiger partial charge in [-0.1, -0.05) is 18.2 Å². The summed E-state index contributed by atoms with van der Waals surface area (Å²) < 4.78 is 1.64. The van der Waals surface area contributed by atoms with Gasteiger partial charge in [-0.05, 0) is 12.1 Å².